The van der Waals surface area contributed by atoms with E-state index in [9.17, 15) is 4.79 Å². The number of tetrazole rings is 1. The molecule has 6 rings (SSSR count). The van der Waals surface area contributed by atoms with Crippen LogP contribution in [-0.2, 0) is 17.7 Å². The molecule has 0 radical (unpaired) electrons. The van der Waals surface area contributed by atoms with Gasteiger partial charge in [-0.3, -0.25) is 9.69 Å². The molecule has 0 amide bonds. The van der Waals surface area contributed by atoms with Crippen LogP contribution in [0.4, 0.5) is 0 Å². The minimum atomic E-state index is -0.348. The maximum Gasteiger partial charge on any atom is 0.253 e. The molecule has 4 aromatic rings. The number of rotatable bonds is 8. The van der Waals surface area contributed by atoms with Crippen molar-refractivity contribution in [3.05, 3.63) is 81.9 Å². The fourth-order valence-electron chi connectivity index (χ4n) is 5.91. The van der Waals surface area contributed by atoms with Gasteiger partial charge >= 0.3 is 0 Å². The van der Waals surface area contributed by atoms with Crippen LogP contribution in [0.1, 0.15) is 48.7 Å². The first-order valence-corrected chi connectivity index (χ1v) is 13.5. The maximum atomic E-state index is 13.5. The predicted molar refractivity (Wildman–Crippen MR) is 144 cm³/mol. The number of ether oxygens (including phenoxy) is 2. The number of aromatic nitrogens is 5. The van der Waals surface area contributed by atoms with Crippen LogP contribution in [0, 0.1) is 5.92 Å². The highest BCUT2D eigenvalue weighted by Crippen LogP contribution is 2.32. The fraction of sp³-hybridized carbons (Fsp3) is 0.448. The molecule has 0 saturated carbocycles. The second kappa shape index (κ2) is 11.0. The average molecular weight is 515 g/mol. The van der Waals surface area contributed by atoms with E-state index in [2.05, 4.69) is 55.7 Å². The first kappa shape index (κ1) is 24.8. The molecule has 198 valence electrons. The third kappa shape index (κ3) is 5.21. The van der Waals surface area contributed by atoms with Gasteiger partial charge in [0.1, 0.15) is 11.8 Å². The summed E-state index contributed by atoms with van der Waals surface area (Å²) in [4.78, 5) is 19.0. The number of pyridine rings is 1. The highest BCUT2D eigenvalue weighted by molar-refractivity contribution is 5.80. The van der Waals surface area contributed by atoms with E-state index >= 15 is 0 Å². The summed E-state index contributed by atoms with van der Waals surface area (Å²) in [7, 11) is 1.62. The van der Waals surface area contributed by atoms with Crippen LogP contribution >= 0.6 is 0 Å². The average Bonchev–Trinajstić information content (AvgIpc) is 3.63. The zero-order valence-electron chi connectivity index (χ0n) is 21.8. The Labute approximate surface area is 221 Å². The SMILES string of the molecule is COc1ccc2cc([C@@H](c3nnnn3C[C@@H]3CCCO3)N3CCC(Cc4ccccc4)CC3)c(=O)[nH]c2c1. The normalized spacial score (nSPS) is 19.7. The van der Waals surface area contributed by atoms with Crippen molar-refractivity contribution in [2.45, 2.75) is 50.8 Å². The third-order valence-electron chi connectivity index (χ3n) is 7.96. The summed E-state index contributed by atoms with van der Waals surface area (Å²) in [5.41, 5.74) is 2.66. The molecule has 2 fully saturated rings. The Kier molecular flexibility index (Phi) is 7.20. The maximum absolute atomic E-state index is 13.5. The Bertz CT molecular complexity index is 1420. The smallest absolute Gasteiger partial charge is 0.253 e. The lowest BCUT2D eigenvalue weighted by Gasteiger charge is -2.37. The molecule has 4 heterocycles. The molecule has 9 nitrogen and oxygen atoms in total. The topological polar surface area (TPSA) is 98.2 Å². The van der Waals surface area contributed by atoms with Crippen LogP contribution in [0.2, 0.25) is 0 Å². The van der Waals surface area contributed by atoms with Crippen molar-refractivity contribution in [3.63, 3.8) is 0 Å². The van der Waals surface area contributed by atoms with E-state index in [0.717, 1.165) is 62.7 Å². The third-order valence-corrected chi connectivity index (χ3v) is 7.96. The minimum absolute atomic E-state index is 0.0943. The van der Waals surface area contributed by atoms with Gasteiger partial charge in [0, 0.05) is 18.2 Å². The molecule has 2 aromatic heterocycles. The number of fused-ring (bicyclic) bond motifs is 1. The van der Waals surface area contributed by atoms with Crippen molar-refractivity contribution in [1.82, 2.24) is 30.1 Å². The summed E-state index contributed by atoms with van der Waals surface area (Å²) in [6.07, 6.45) is 5.33. The van der Waals surface area contributed by atoms with Gasteiger partial charge in [0.05, 0.1) is 25.3 Å². The Morgan fingerprint density at radius 2 is 1.95 bits per heavy atom. The summed E-state index contributed by atoms with van der Waals surface area (Å²) in [6, 6.07) is 18.1. The number of hydrogen-bond acceptors (Lipinski definition) is 7. The Hall–Kier alpha value is -3.56. The highest BCUT2D eigenvalue weighted by Gasteiger charge is 2.34. The van der Waals surface area contributed by atoms with E-state index in [-0.39, 0.29) is 17.7 Å². The summed E-state index contributed by atoms with van der Waals surface area (Å²) in [5.74, 6) is 2.01. The minimum Gasteiger partial charge on any atom is -0.497 e. The predicted octanol–water partition coefficient (Wildman–Crippen LogP) is 3.75. The van der Waals surface area contributed by atoms with E-state index in [0.29, 0.717) is 29.6 Å². The van der Waals surface area contributed by atoms with Crippen molar-refractivity contribution in [2.24, 2.45) is 5.92 Å². The number of benzene rings is 2. The van der Waals surface area contributed by atoms with Gasteiger partial charge in [0.25, 0.3) is 5.56 Å². The Morgan fingerprint density at radius 1 is 1.11 bits per heavy atom. The zero-order chi connectivity index (χ0) is 25.9. The number of likely N-dealkylation sites (tertiary alicyclic amines) is 1. The first-order valence-electron chi connectivity index (χ1n) is 13.5. The Morgan fingerprint density at radius 3 is 2.71 bits per heavy atom. The number of H-pyrrole nitrogens is 1. The first-order chi connectivity index (χ1) is 18.7. The van der Waals surface area contributed by atoms with E-state index in [1.807, 2.05) is 28.9 Å². The van der Waals surface area contributed by atoms with Gasteiger partial charge < -0.3 is 14.5 Å². The van der Waals surface area contributed by atoms with Crippen molar-refractivity contribution < 1.29 is 9.47 Å². The molecule has 2 aliphatic rings. The molecule has 38 heavy (non-hydrogen) atoms. The lowest BCUT2D eigenvalue weighted by molar-refractivity contribution is 0.0892. The molecule has 2 aromatic carbocycles. The van der Waals surface area contributed by atoms with Crippen molar-refractivity contribution in [2.75, 3.05) is 26.8 Å². The van der Waals surface area contributed by atoms with E-state index in [1.165, 1.54) is 5.56 Å². The number of hydrogen-bond donors (Lipinski definition) is 1. The van der Waals surface area contributed by atoms with Crippen molar-refractivity contribution >= 4 is 10.9 Å². The molecule has 1 N–H and O–H groups in total. The van der Waals surface area contributed by atoms with E-state index in [4.69, 9.17) is 9.47 Å². The molecule has 2 aliphatic heterocycles. The molecule has 2 saturated heterocycles. The van der Waals surface area contributed by atoms with E-state index < -0.39 is 0 Å². The molecular weight excluding hydrogens is 480 g/mol. The molecular formula is C29H34N6O3. The van der Waals surface area contributed by atoms with Crippen molar-refractivity contribution in [3.8, 4) is 5.75 Å². The number of methoxy groups -OCH3 is 1. The van der Waals surface area contributed by atoms with Gasteiger partial charge in [-0.15, -0.1) is 5.10 Å². The van der Waals surface area contributed by atoms with E-state index in [1.54, 1.807) is 7.11 Å². The van der Waals surface area contributed by atoms with Crippen LogP contribution in [0.3, 0.4) is 0 Å². The highest BCUT2D eigenvalue weighted by atomic mass is 16.5. The molecule has 0 unspecified atom stereocenters. The summed E-state index contributed by atoms with van der Waals surface area (Å²) in [5, 5.41) is 13.8. The molecule has 2 atom stereocenters. The zero-order valence-corrected chi connectivity index (χ0v) is 21.8. The van der Waals surface area contributed by atoms with Gasteiger partial charge in [0.2, 0.25) is 0 Å². The summed E-state index contributed by atoms with van der Waals surface area (Å²) >= 11 is 0. The van der Waals surface area contributed by atoms with Gasteiger partial charge in [-0.05, 0) is 90.7 Å². The van der Waals surface area contributed by atoms with Crippen LogP contribution < -0.4 is 10.3 Å². The number of nitrogens with zero attached hydrogens (tertiary/aromatic N) is 5. The van der Waals surface area contributed by atoms with Gasteiger partial charge in [-0.25, -0.2) is 4.68 Å². The molecule has 0 aliphatic carbocycles. The fourth-order valence-corrected chi connectivity index (χ4v) is 5.91. The van der Waals surface area contributed by atoms with Crippen LogP contribution in [0.5, 0.6) is 5.75 Å². The van der Waals surface area contributed by atoms with Crippen LogP contribution in [-0.4, -0.2) is 63.0 Å². The standard InChI is InChI=1S/C29H34N6O3/c1-37-23-10-9-22-17-25(29(36)30-26(22)18-23)27(28-31-32-33-35(28)19-24-8-5-15-38-24)34-13-11-21(12-14-34)16-20-6-3-2-4-7-20/h2-4,6-7,9-10,17-18,21,24,27H,5,8,11-16,19H2,1H3,(H,30,36)/t24-,27-/m0/s1. The molecule has 9 heteroatoms. The van der Waals surface area contributed by atoms with Crippen LogP contribution in [0.15, 0.2) is 59.4 Å². The monoisotopic (exact) mass is 514 g/mol. The molecule has 0 spiro atoms. The number of piperidine rings is 1. The van der Waals surface area contributed by atoms with Crippen LogP contribution in [0.25, 0.3) is 10.9 Å². The van der Waals surface area contributed by atoms with Gasteiger partial charge in [-0.1, -0.05) is 30.3 Å². The lowest BCUT2D eigenvalue weighted by atomic mass is 9.89. The number of nitrogens with one attached hydrogen (secondary N) is 1. The second-order valence-electron chi connectivity index (χ2n) is 10.4. The van der Waals surface area contributed by atoms with Gasteiger partial charge in [0.15, 0.2) is 5.82 Å². The second-order valence-corrected chi connectivity index (χ2v) is 10.4. The largest absolute Gasteiger partial charge is 0.497 e. The molecule has 0 bridgehead atoms. The quantitative estimate of drug-likeness (QED) is 0.382. The summed E-state index contributed by atoms with van der Waals surface area (Å²) in [6.45, 7) is 3.10. The number of aromatic amines is 1. The van der Waals surface area contributed by atoms with Crippen molar-refractivity contribution in [1.29, 1.82) is 0 Å². The van der Waals surface area contributed by atoms with Gasteiger partial charge in [-0.2, -0.15) is 0 Å². The lowest BCUT2D eigenvalue weighted by Crippen LogP contribution is -2.41. The summed E-state index contributed by atoms with van der Waals surface area (Å²) < 4.78 is 13.1. The Balaban J connectivity index is 1.32.